The number of amides is 2. The first-order valence-electron chi connectivity index (χ1n) is 14.4. The predicted molar refractivity (Wildman–Crippen MR) is 171 cm³/mol. The molecule has 0 saturated carbocycles. The van der Waals surface area contributed by atoms with Gasteiger partial charge in [-0.1, -0.05) is 53.1 Å². The van der Waals surface area contributed by atoms with Crippen molar-refractivity contribution < 1.29 is 19.4 Å². The van der Waals surface area contributed by atoms with Crippen LogP contribution in [0.5, 0.6) is 5.75 Å². The van der Waals surface area contributed by atoms with Crippen molar-refractivity contribution >= 4 is 40.4 Å². The van der Waals surface area contributed by atoms with Gasteiger partial charge in [0.15, 0.2) is 0 Å². The molecule has 1 aromatic heterocycles. The predicted octanol–water partition coefficient (Wildman–Crippen LogP) is 7.43. The second kappa shape index (κ2) is 12.7. The highest BCUT2D eigenvalue weighted by Crippen LogP contribution is 2.42. The molecule has 2 aromatic carbocycles. The van der Waals surface area contributed by atoms with E-state index in [-0.39, 0.29) is 41.8 Å². The van der Waals surface area contributed by atoms with Crippen LogP contribution in [0.3, 0.4) is 0 Å². The zero-order chi connectivity index (χ0) is 30.8. The molecule has 2 heterocycles. The lowest BCUT2D eigenvalue weighted by Crippen LogP contribution is -2.40. The first-order valence-corrected chi connectivity index (χ1v) is 15.6. The van der Waals surface area contributed by atoms with E-state index in [1.165, 1.54) is 0 Å². The Morgan fingerprint density at radius 2 is 1.67 bits per heavy atom. The number of halogens is 1. The Morgan fingerprint density at radius 3 is 2.24 bits per heavy atom. The van der Waals surface area contributed by atoms with E-state index in [1.54, 1.807) is 34.4 Å². The first kappa shape index (κ1) is 32.0. The summed E-state index contributed by atoms with van der Waals surface area (Å²) < 4.78 is 5.43. The van der Waals surface area contributed by atoms with Crippen molar-refractivity contribution in [2.24, 2.45) is 0 Å². The molecule has 0 bridgehead atoms. The van der Waals surface area contributed by atoms with E-state index in [0.29, 0.717) is 29.5 Å². The summed E-state index contributed by atoms with van der Waals surface area (Å²) in [5.41, 5.74) is 4.90. The summed E-state index contributed by atoms with van der Waals surface area (Å²) in [4.78, 5) is 31.8. The van der Waals surface area contributed by atoms with Crippen molar-refractivity contribution in [3.05, 3.63) is 62.4 Å². The Hall–Kier alpha value is -2.94. The molecular formula is C33H42ClN3O4S. The van der Waals surface area contributed by atoms with Gasteiger partial charge in [-0.15, -0.1) is 11.3 Å². The number of aryl methyl sites for hydroxylation is 1. The van der Waals surface area contributed by atoms with Crippen molar-refractivity contribution in [3.8, 4) is 17.0 Å². The standard InChI is InChI=1S/C33H42ClN3O4S/c1-20-14-23(34)8-9-26(20)35-28(38)17-41-18-29(39)37-12-10-21(11-13-37)31-36-27(19-42-31)22-15-24(32(2,3)4)30(40)25(16-22)33(5,6)7/h8-9,14-16,19,21,40H,10-13,17-18H2,1-7H3,(H,35,38). The van der Waals surface area contributed by atoms with Crippen LogP contribution >= 0.6 is 22.9 Å². The van der Waals surface area contributed by atoms with Crippen molar-refractivity contribution in [1.82, 2.24) is 9.88 Å². The highest BCUT2D eigenvalue weighted by atomic mass is 35.5. The average molecular weight is 612 g/mol. The number of hydrogen-bond acceptors (Lipinski definition) is 6. The maximum absolute atomic E-state index is 12.7. The van der Waals surface area contributed by atoms with Gasteiger partial charge in [-0.3, -0.25) is 9.59 Å². The lowest BCUT2D eigenvalue weighted by Gasteiger charge is -2.31. The number of aromatic hydroxyl groups is 1. The molecule has 1 saturated heterocycles. The monoisotopic (exact) mass is 611 g/mol. The molecule has 0 aliphatic carbocycles. The van der Waals surface area contributed by atoms with E-state index >= 15 is 0 Å². The highest BCUT2D eigenvalue weighted by molar-refractivity contribution is 7.10. The average Bonchev–Trinajstić information content (AvgIpc) is 3.39. The van der Waals surface area contributed by atoms with Crippen molar-refractivity contribution in [1.29, 1.82) is 0 Å². The summed E-state index contributed by atoms with van der Waals surface area (Å²) >= 11 is 7.63. The van der Waals surface area contributed by atoms with E-state index in [2.05, 4.69) is 64.4 Å². The number of aromatic nitrogens is 1. The zero-order valence-corrected chi connectivity index (χ0v) is 27.2. The molecule has 42 heavy (non-hydrogen) atoms. The Kier molecular flexibility index (Phi) is 9.70. The maximum atomic E-state index is 12.7. The number of ether oxygens (including phenoxy) is 1. The van der Waals surface area contributed by atoms with Crippen molar-refractivity contribution in [2.45, 2.75) is 78.1 Å². The smallest absolute Gasteiger partial charge is 0.250 e. The summed E-state index contributed by atoms with van der Waals surface area (Å²) in [5, 5.41) is 17.7. The molecule has 9 heteroatoms. The summed E-state index contributed by atoms with van der Waals surface area (Å²) in [7, 11) is 0. The molecular weight excluding hydrogens is 570 g/mol. The van der Waals surface area contributed by atoms with Gasteiger partial charge in [-0.2, -0.15) is 0 Å². The molecule has 0 radical (unpaired) electrons. The molecule has 0 unspecified atom stereocenters. The summed E-state index contributed by atoms with van der Waals surface area (Å²) in [6, 6.07) is 9.37. The van der Waals surface area contributed by atoms with E-state index in [9.17, 15) is 14.7 Å². The van der Waals surface area contributed by atoms with Crippen molar-refractivity contribution in [2.75, 3.05) is 31.6 Å². The number of carbonyl (C=O) groups excluding carboxylic acids is 2. The van der Waals surface area contributed by atoms with Crippen LogP contribution in [0.1, 0.15) is 82.0 Å². The fourth-order valence-corrected chi connectivity index (χ4v) is 6.41. The van der Waals surface area contributed by atoms with Crippen LogP contribution in [0.25, 0.3) is 11.3 Å². The van der Waals surface area contributed by atoms with Gasteiger partial charge in [-0.25, -0.2) is 4.98 Å². The Balaban J connectivity index is 1.32. The topological polar surface area (TPSA) is 91.8 Å². The summed E-state index contributed by atoms with van der Waals surface area (Å²) in [5.74, 6) is 0.220. The molecule has 2 amide bonds. The molecule has 0 spiro atoms. The third-order valence-corrected chi connectivity index (χ3v) is 8.90. The number of likely N-dealkylation sites (tertiary alicyclic amines) is 1. The van der Waals surface area contributed by atoms with Gasteiger partial charge in [0.05, 0.1) is 10.7 Å². The zero-order valence-electron chi connectivity index (χ0n) is 25.6. The van der Waals surface area contributed by atoms with Gasteiger partial charge in [0.1, 0.15) is 19.0 Å². The van der Waals surface area contributed by atoms with Crippen LogP contribution < -0.4 is 5.32 Å². The van der Waals surface area contributed by atoms with Gasteiger partial charge >= 0.3 is 0 Å². The number of carbonyl (C=O) groups is 2. The van der Waals surface area contributed by atoms with Crippen LogP contribution in [-0.4, -0.2) is 53.1 Å². The number of benzene rings is 2. The molecule has 2 N–H and O–H groups in total. The quantitative estimate of drug-likeness (QED) is 0.290. The number of phenolic OH excluding ortho intramolecular Hbond substituents is 1. The van der Waals surface area contributed by atoms with Gasteiger partial charge in [-0.05, 0) is 66.5 Å². The third-order valence-electron chi connectivity index (χ3n) is 7.66. The summed E-state index contributed by atoms with van der Waals surface area (Å²) in [6.07, 6.45) is 1.65. The SMILES string of the molecule is Cc1cc(Cl)ccc1NC(=O)COCC(=O)N1CCC(c2nc(-c3cc(C(C)(C)C)c(O)c(C(C)(C)C)c3)cs2)CC1. The Bertz CT molecular complexity index is 1410. The van der Waals surface area contributed by atoms with Gasteiger partial charge in [0.25, 0.3) is 0 Å². The van der Waals surface area contributed by atoms with Crippen molar-refractivity contribution in [3.63, 3.8) is 0 Å². The minimum atomic E-state index is -0.315. The van der Waals surface area contributed by atoms with Crippen LogP contribution in [0.15, 0.2) is 35.7 Å². The van der Waals surface area contributed by atoms with Crippen LogP contribution in [0.4, 0.5) is 5.69 Å². The van der Waals surface area contributed by atoms with E-state index in [0.717, 1.165) is 45.8 Å². The number of phenols is 1. The molecule has 0 atom stereocenters. The van der Waals surface area contributed by atoms with Crippen LogP contribution in [0, 0.1) is 6.92 Å². The minimum absolute atomic E-state index is 0.114. The summed E-state index contributed by atoms with van der Waals surface area (Å²) in [6.45, 7) is 15.5. The number of anilines is 1. The number of nitrogens with zero attached hydrogens (tertiary/aromatic N) is 2. The minimum Gasteiger partial charge on any atom is -0.507 e. The number of rotatable bonds is 7. The number of piperidine rings is 1. The van der Waals surface area contributed by atoms with Gasteiger partial charge in [0, 0.05) is 51.8 Å². The Morgan fingerprint density at radius 1 is 1.05 bits per heavy atom. The number of hydrogen-bond donors (Lipinski definition) is 2. The fraction of sp³-hybridized carbons (Fsp3) is 0.485. The number of nitrogens with one attached hydrogen (secondary N) is 1. The Labute approximate surface area is 258 Å². The van der Waals surface area contributed by atoms with Crippen LogP contribution in [-0.2, 0) is 25.2 Å². The van der Waals surface area contributed by atoms with Gasteiger partial charge in [0.2, 0.25) is 11.8 Å². The third kappa shape index (κ3) is 7.71. The molecule has 226 valence electrons. The molecule has 1 fully saturated rings. The largest absolute Gasteiger partial charge is 0.507 e. The molecule has 7 nitrogen and oxygen atoms in total. The second-order valence-electron chi connectivity index (χ2n) is 13.1. The molecule has 3 aromatic rings. The van der Waals surface area contributed by atoms with E-state index in [4.69, 9.17) is 21.3 Å². The fourth-order valence-electron chi connectivity index (χ4n) is 5.19. The highest BCUT2D eigenvalue weighted by Gasteiger charge is 2.29. The molecule has 1 aliphatic rings. The lowest BCUT2D eigenvalue weighted by atomic mass is 9.78. The molecule has 4 rings (SSSR count). The first-order chi connectivity index (χ1) is 19.6. The van der Waals surface area contributed by atoms with Crippen LogP contribution in [0.2, 0.25) is 5.02 Å². The van der Waals surface area contributed by atoms with E-state index < -0.39 is 0 Å². The molecule has 1 aliphatic heterocycles. The maximum Gasteiger partial charge on any atom is 0.250 e. The van der Waals surface area contributed by atoms with E-state index in [1.807, 2.05) is 6.92 Å². The number of thiazole rings is 1. The normalized spacial score (nSPS) is 14.7. The van der Waals surface area contributed by atoms with Gasteiger partial charge < -0.3 is 20.1 Å². The second-order valence-corrected chi connectivity index (χ2v) is 14.5. The lowest BCUT2D eigenvalue weighted by molar-refractivity contribution is -0.138.